The SMILES string of the molecule is OCC/C=C/CCCCCCCCCI. The Labute approximate surface area is 108 Å². The van der Waals surface area contributed by atoms with Crippen LogP contribution < -0.4 is 0 Å². The van der Waals surface area contributed by atoms with Crippen LogP contribution in [-0.2, 0) is 0 Å². The van der Waals surface area contributed by atoms with Crippen molar-refractivity contribution in [1.82, 2.24) is 0 Å². The third-order valence-corrected chi connectivity index (χ3v) is 3.23. The van der Waals surface area contributed by atoms with Gasteiger partial charge in [0.05, 0.1) is 0 Å². The van der Waals surface area contributed by atoms with E-state index in [0.717, 1.165) is 6.42 Å². The van der Waals surface area contributed by atoms with E-state index in [1.54, 1.807) is 0 Å². The molecule has 90 valence electrons. The summed E-state index contributed by atoms with van der Waals surface area (Å²) in [6, 6.07) is 0. The zero-order valence-corrected chi connectivity index (χ0v) is 11.9. The molecule has 0 saturated carbocycles. The Balaban J connectivity index is 2.92. The first kappa shape index (κ1) is 15.4. The molecule has 0 unspecified atom stereocenters. The van der Waals surface area contributed by atoms with Crippen LogP contribution in [0.4, 0.5) is 0 Å². The highest BCUT2D eigenvalue weighted by Gasteiger charge is 1.90. The number of unbranched alkanes of at least 4 members (excludes halogenated alkanes) is 7. The Hall–Kier alpha value is 0.430. The van der Waals surface area contributed by atoms with Gasteiger partial charge in [-0.15, -0.1) is 0 Å². The molecule has 0 aromatic heterocycles. The predicted octanol–water partition coefficient (Wildman–Crippen LogP) is 4.48. The number of aliphatic hydroxyl groups is 1. The molecule has 0 saturated heterocycles. The molecular weight excluding hydrogens is 299 g/mol. The molecule has 0 spiro atoms. The highest BCUT2D eigenvalue weighted by Crippen LogP contribution is 2.09. The van der Waals surface area contributed by atoms with Gasteiger partial charge in [0.2, 0.25) is 0 Å². The standard InChI is InChI=1S/C13H25IO/c14-12-10-8-6-4-2-1-3-5-7-9-11-13-15/h7,9,15H,1-6,8,10-13H2/b9-7+. The Morgan fingerprint density at radius 1 is 0.733 bits per heavy atom. The van der Waals surface area contributed by atoms with Crippen LogP contribution in [0.1, 0.15) is 57.8 Å². The quantitative estimate of drug-likeness (QED) is 0.257. The number of halogens is 1. The average Bonchev–Trinajstić information content (AvgIpc) is 2.26. The minimum atomic E-state index is 0.285. The van der Waals surface area contributed by atoms with E-state index in [1.807, 2.05) is 0 Å². The molecule has 0 aromatic carbocycles. The van der Waals surface area contributed by atoms with Crippen molar-refractivity contribution in [3.05, 3.63) is 12.2 Å². The van der Waals surface area contributed by atoms with Gasteiger partial charge < -0.3 is 5.11 Å². The molecule has 0 radical (unpaired) electrons. The maximum atomic E-state index is 8.56. The van der Waals surface area contributed by atoms with Crippen molar-refractivity contribution in [1.29, 1.82) is 0 Å². The maximum Gasteiger partial charge on any atom is 0.0465 e. The molecule has 0 bridgehead atoms. The van der Waals surface area contributed by atoms with E-state index in [0.29, 0.717) is 0 Å². The van der Waals surface area contributed by atoms with E-state index in [4.69, 9.17) is 5.11 Å². The summed E-state index contributed by atoms with van der Waals surface area (Å²) in [6.07, 6.45) is 16.0. The molecule has 2 heteroatoms. The first-order valence-electron chi connectivity index (χ1n) is 6.23. The smallest absolute Gasteiger partial charge is 0.0465 e. The molecule has 15 heavy (non-hydrogen) atoms. The topological polar surface area (TPSA) is 20.2 Å². The van der Waals surface area contributed by atoms with Gasteiger partial charge in [-0.2, -0.15) is 0 Å². The normalized spacial score (nSPS) is 11.3. The largest absolute Gasteiger partial charge is 0.396 e. The van der Waals surface area contributed by atoms with Gasteiger partial charge in [0.25, 0.3) is 0 Å². The van der Waals surface area contributed by atoms with E-state index in [2.05, 4.69) is 34.7 Å². The first-order valence-corrected chi connectivity index (χ1v) is 7.76. The molecule has 0 aliphatic rings. The van der Waals surface area contributed by atoms with E-state index in [1.165, 1.54) is 55.8 Å². The summed E-state index contributed by atoms with van der Waals surface area (Å²) >= 11 is 2.45. The van der Waals surface area contributed by atoms with Crippen LogP contribution in [-0.4, -0.2) is 16.1 Å². The average molecular weight is 324 g/mol. The van der Waals surface area contributed by atoms with Crippen LogP contribution in [0.5, 0.6) is 0 Å². The maximum absolute atomic E-state index is 8.56. The van der Waals surface area contributed by atoms with Crippen LogP contribution in [0.15, 0.2) is 12.2 Å². The van der Waals surface area contributed by atoms with Gasteiger partial charge in [-0.3, -0.25) is 0 Å². The lowest BCUT2D eigenvalue weighted by Gasteiger charge is -1.99. The van der Waals surface area contributed by atoms with Gasteiger partial charge in [0, 0.05) is 6.61 Å². The third kappa shape index (κ3) is 14.4. The summed E-state index contributed by atoms with van der Waals surface area (Å²) in [5.41, 5.74) is 0. The Morgan fingerprint density at radius 3 is 1.87 bits per heavy atom. The third-order valence-electron chi connectivity index (χ3n) is 2.47. The number of allylic oxidation sites excluding steroid dienone is 1. The number of alkyl halides is 1. The fourth-order valence-electron chi connectivity index (χ4n) is 1.55. The van der Waals surface area contributed by atoms with Crippen LogP contribution in [0.25, 0.3) is 0 Å². The van der Waals surface area contributed by atoms with Gasteiger partial charge in [-0.05, 0) is 30.1 Å². The summed E-state index contributed by atoms with van der Waals surface area (Å²) in [7, 11) is 0. The summed E-state index contributed by atoms with van der Waals surface area (Å²) in [4.78, 5) is 0. The summed E-state index contributed by atoms with van der Waals surface area (Å²) in [5.74, 6) is 0. The monoisotopic (exact) mass is 324 g/mol. The number of hydrogen-bond acceptors (Lipinski definition) is 1. The molecule has 0 fully saturated rings. The summed E-state index contributed by atoms with van der Waals surface area (Å²) in [6.45, 7) is 0.285. The van der Waals surface area contributed by atoms with Gasteiger partial charge in [0.15, 0.2) is 0 Å². The summed E-state index contributed by atoms with van der Waals surface area (Å²) in [5, 5.41) is 8.56. The number of hydrogen-bond donors (Lipinski definition) is 1. The van der Waals surface area contributed by atoms with Gasteiger partial charge in [-0.1, -0.05) is 66.8 Å². The lowest BCUT2D eigenvalue weighted by Crippen LogP contribution is -1.81. The Bertz CT molecular complexity index is 134. The summed E-state index contributed by atoms with van der Waals surface area (Å²) < 4.78 is 1.31. The fraction of sp³-hybridized carbons (Fsp3) is 0.846. The minimum absolute atomic E-state index is 0.285. The lowest BCUT2D eigenvalue weighted by molar-refractivity contribution is 0.302. The predicted molar refractivity (Wildman–Crippen MR) is 76.7 cm³/mol. The molecule has 0 heterocycles. The second-order valence-electron chi connectivity index (χ2n) is 3.94. The molecular formula is C13H25IO. The Kier molecular flexibility index (Phi) is 14.8. The molecule has 1 nitrogen and oxygen atoms in total. The van der Waals surface area contributed by atoms with E-state index < -0.39 is 0 Å². The molecule has 0 aliphatic carbocycles. The van der Waals surface area contributed by atoms with Gasteiger partial charge in [-0.25, -0.2) is 0 Å². The zero-order valence-electron chi connectivity index (χ0n) is 9.76. The number of rotatable bonds is 11. The molecule has 0 aromatic rings. The van der Waals surface area contributed by atoms with Gasteiger partial charge in [0.1, 0.15) is 0 Å². The van der Waals surface area contributed by atoms with Gasteiger partial charge >= 0.3 is 0 Å². The highest BCUT2D eigenvalue weighted by atomic mass is 127. The molecule has 0 rings (SSSR count). The molecule has 1 N–H and O–H groups in total. The molecule has 0 amide bonds. The number of aliphatic hydroxyl groups excluding tert-OH is 1. The second-order valence-corrected chi connectivity index (χ2v) is 5.01. The van der Waals surface area contributed by atoms with E-state index in [-0.39, 0.29) is 6.61 Å². The van der Waals surface area contributed by atoms with Crippen LogP contribution in [0.3, 0.4) is 0 Å². The van der Waals surface area contributed by atoms with Crippen molar-refractivity contribution in [2.45, 2.75) is 57.8 Å². The van der Waals surface area contributed by atoms with Crippen molar-refractivity contribution in [3.63, 3.8) is 0 Å². The zero-order chi connectivity index (χ0) is 11.2. The van der Waals surface area contributed by atoms with Crippen LogP contribution in [0.2, 0.25) is 0 Å². The lowest BCUT2D eigenvalue weighted by atomic mass is 10.1. The highest BCUT2D eigenvalue weighted by molar-refractivity contribution is 14.1. The van der Waals surface area contributed by atoms with Crippen molar-refractivity contribution >= 4 is 22.6 Å². The first-order chi connectivity index (χ1) is 7.41. The van der Waals surface area contributed by atoms with Crippen LogP contribution >= 0.6 is 22.6 Å². The van der Waals surface area contributed by atoms with Crippen molar-refractivity contribution in [3.8, 4) is 0 Å². The van der Waals surface area contributed by atoms with Crippen molar-refractivity contribution in [2.75, 3.05) is 11.0 Å². The van der Waals surface area contributed by atoms with Crippen molar-refractivity contribution < 1.29 is 5.11 Å². The fourth-order valence-corrected chi connectivity index (χ4v) is 2.09. The Morgan fingerprint density at radius 2 is 1.27 bits per heavy atom. The second kappa shape index (κ2) is 14.4. The minimum Gasteiger partial charge on any atom is -0.396 e. The molecule has 0 aliphatic heterocycles. The van der Waals surface area contributed by atoms with Crippen LogP contribution in [0, 0.1) is 0 Å². The molecule has 0 atom stereocenters. The van der Waals surface area contributed by atoms with E-state index >= 15 is 0 Å². The van der Waals surface area contributed by atoms with Crippen molar-refractivity contribution in [2.24, 2.45) is 0 Å². The van der Waals surface area contributed by atoms with E-state index in [9.17, 15) is 0 Å².